The summed E-state index contributed by atoms with van der Waals surface area (Å²) in [5.74, 6) is 0.0657. The van der Waals surface area contributed by atoms with E-state index in [0.717, 1.165) is 0 Å². The lowest BCUT2D eigenvalue weighted by Crippen LogP contribution is -2.08. The quantitative estimate of drug-likeness (QED) is 0.774. The monoisotopic (exact) mass is 266 g/mol. The van der Waals surface area contributed by atoms with Gasteiger partial charge in [0, 0.05) is 0 Å². The van der Waals surface area contributed by atoms with Crippen molar-refractivity contribution < 1.29 is 27.5 Å². The molecule has 0 spiro atoms. The minimum Gasteiger partial charge on any atom is -0.495 e. The van der Waals surface area contributed by atoms with Crippen LogP contribution in [0.25, 0.3) is 0 Å². The van der Waals surface area contributed by atoms with Gasteiger partial charge in [-0.1, -0.05) is 12.1 Å². The highest BCUT2D eigenvalue weighted by atomic mass is 32.2. The van der Waals surface area contributed by atoms with Crippen molar-refractivity contribution in [3.8, 4) is 5.75 Å². The number of methoxy groups -OCH3 is 1. The van der Waals surface area contributed by atoms with Gasteiger partial charge in [-0.3, -0.25) is 4.57 Å². The van der Waals surface area contributed by atoms with Crippen LogP contribution in [-0.4, -0.2) is 30.8 Å². The van der Waals surface area contributed by atoms with E-state index in [9.17, 15) is 13.0 Å². The lowest BCUT2D eigenvalue weighted by Gasteiger charge is -2.09. The Morgan fingerprint density at radius 2 is 1.88 bits per heavy atom. The second-order valence-electron chi connectivity index (χ2n) is 3.06. The molecule has 0 aliphatic heterocycles. The fraction of sp³-hybridized carbons (Fsp3) is 0.250. The van der Waals surface area contributed by atoms with E-state index in [4.69, 9.17) is 14.5 Å². The number of sulfone groups is 1. The van der Waals surface area contributed by atoms with E-state index >= 15 is 0 Å². The van der Waals surface area contributed by atoms with Gasteiger partial charge in [0.05, 0.1) is 7.11 Å². The molecule has 90 valence electrons. The molecule has 0 saturated heterocycles. The highest BCUT2D eigenvalue weighted by molar-refractivity contribution is 7.97. The van der Waals surface area contributed by atoms with Crippen molar-refractivity contribution in [3.05, 3.63) is 24.3 Å². The van der Waals surface area contributed by atoms with Crippen LogP contribution in [0.15, 0.2) is 29.2 Å². The third kappa shape index (κ3) is 3.31. The highest BCUT2D eigenvalue weighted by Gasteiger charge is 2.28. The molecular weight excluding hydrogens is 255 g/mol. The molecule has 6 nitrogen and oxygen atoms in total. The van der Waals surface area contributed by atoms with Gasteiger partial charge in [0.25, 0.3) is 0 Å². The fourth-order valence-electron chi connectivity index (χ4n) is 1.17. The van der Waals surface area contributed by atoms with Gasteiger partial charge >= 0.3 is 7.60 Å². The van der Waals surface area contributed by atoms with Crippen LogP contribution in [0.3, 0.4) is 0 Å². The Labute approximate surface area is 93.0 Å². The number of ether oxygens (including phenoxy) is 1. The van der Waals surface area contributed by atoms with E-state index < -0.39 is 22.9 Å². The number of hydrogen-bond donors (Lipinski definition) is 2. The minimum atomic E-state index is -4.63. The van der Waals surface area contributed by atoms with Crippen LogP contribution >= 0.6 is 7.60 Å². The number of rotatable bonds is 4. The standard InChI is InChI=1S/C8H11O6PS/c1-14-7-4-2-3-5-8(7)16(12,13)6-15(9,10)11/h2-5H,6H2,1H3,(H2,9,10,11). The molecule has 16 heavy (non-hydrogen) atoms. The van der Waals surface area contributed by atoms with Crippen molar-refractivity contribution >= 4 is 17.4 Å². The van der Waals surface area contributed by atoms with Crippen molar-refractivity contribution in [1.29, 1.82) is 0 Å². The van der Waals surface area contributed by atoms with E-state index in [1.54, 1.807) is 6.07 Å². The van der Waals surface area contributed by atoms with Crippen molar-refractivity contribution in [2.24, 2.45) is 0 Å². The summed E-state index contributed by atoms with van der Waals surface area (Å²) in [6.45, 7) is 0. The summed E-state index contributed by atoms with van der Waals surface area (Å²) in [5, 5.41) is 0. The molecule has 0 saturated carbocycles. The molecule has 1 rings (SSSR count). The second kappa shape index (κ2) is 4.55. The zero-order chi connectivity index (χ0) is 12.4. The molecule has 0 aliphatic rings. The average Bonchev–Trinajstić information content (AvgIpc) is 2.14. The number of hydrogen-bond acceptors (Lipinski definition) is 4. The van der Waals surface area contributed by atoms with Crippen LogP contribution in [0.1, 0.15) is 0 Å². The van der Waals surface area contributed by atoms with Gasteiger partial charge in [0.1, 0.15) is 10.6 Å². The summed E-state index contributed by atoms with van der Waals surface area (Å²) in [6, 6.07) is 5.67. The van der Waals surface area contributed by atoms with Crippen LogP contribution in [-0.2, 0) is 14.4 Å². The summed E-state index contributed by atoms with van der Waals surface area (Å²) < 4.78 is 38.8. The van der Waals surface area contributed by atoms with E-state index in [1.165, 1.54) is 25.3 Å². The SMILES string of the molecule is COc1ccccc1S(=O)(=O)CP(=O)(O)O. The molecule has 0 atom stereocenters. The Morgan fingerprint density at radius 3 is 2.38 bits per heavy atom. The molecule has 8 heteroatoms. The molecular formula is C8H11O6PS. The van der Waals surface area contributed by atoms with E-state index in [1.807, 2.05) is 0 Å². The van der Waals surface area contributed by atoms with Crippen LogP contribution in [0.5, 0.6) is 5.75 Å². The van der Waals surface area contributed by atoms with Gasteiger partial charge < -0.3 is 14.5 Å². The van der Waals surface area contributed by atoms with Gasteiger partial charge in [-0.15, -0.1) is 0 Å². The van der Waals surface area contributed by atoms with Crippen LogP contribution in [0.2, 0.25) is 0 Å². The largest absolute Gasteiger partial charge is 0.495 e. The Balaban J connectivity index is 3.23. The van der Waals surface area contributed by atoms with Gasteiger partial charge in [-0.25, -0.2) is 8.42 Å². The van der Waals surface area contributed by atoms with E-state index in [-0.39, 0.29) is 10.6 Å². The van der Waals surface area contributed by atoms with Crippen molar-refractivity contribution in [2.45, 2.75) is 4.90 Å². The molecule has 0 amide bonds. The molecule has 1 aromatic rings. The van der Waals surface area contributed by atoms with Crippen molar-refractivity contribution in [2.75, 3.05) is 12.6 Å². The number of para-hydroxylation sites is 1. The van der Waals surface area contributed by atoms with Crippen molar-refractivity contribution in [3.63, 3.8) is 0 Å². The molecule has 2 N–H and O–H groups in total. The zero-order valence-electron chi connectivity index (χ0n) is 8.40. The Hall–Kier alpha value is -0.880. The van der Waals surface area contributed by atoms with Crippen LogP contribution in [0, 0.1) is 0 Å². The first kappa shape index (κ1) is 13.2. The molecule has 0 fully saturated rings. The van der Waals surface area contributed by atoms with Crippen LogP contribution < -0.4 is 4.74 Å². The average molecular weight is 266 g/mol. The van der Waals surface area contributed by atoms with Gasteiger partial charge in [0.2, 0.25) is 0 Å². The van der Waals surface area contributed by atoms with Crippen LogP contribution in [0.4, 0.5) is 0 Å². The second-order valence-corrected chi connectivity index (χ2v) is 7.09. The first-order valence-corrected chi connectivity index (χ1v) is 7.61. The Morgan fingerprint density at radius 1 is 1.31 bits per heavy atom. The first-order valence-electron chi connectivity index (χ1n) is 4.16. The lowest BCUT2D eigenvalue weighted by molar-refractivity contribution is 0.378. The van der Waals surface area contributed by atoms with Gasteiger partial charge in [-0.2, -0.15) is 0 Å². The molecule has 1 aromatic carbocycles. The molecule has 0 radical (unpaired) electrons. The maximum atomic E-state index is 11.7. The third-order valence-corrected chi connectivity index (χ3v) is 5.45. The summed E-state index contributed by atoms with van der Waals surface area (Å²) >= 11 is 0. The number of benzene rings is 1. The highest BCUT2D eigenvalue weighted by Crippen LogP contribution is 2.39. The van der Waals surface area contributed by atoms with Gasteiger partial charge in [-0.05, 0) is 12.1 Å². The smallest absolute Gasteiger partial charge is 0.340 e. The zero-order valence-corrected chi connectivity index (χ0v) is 10.1. The third-order valence-electron chi connectivity index (χ3n) is 1.74. The normalized spacial score (nSPS) is 12.4. The summed E-state index contributed by atoms with van der Waals surface area (Å²) in [7, 11) is -7.39. The van der Waals surface area contributed by atoms with E-state index in [0.29, 0.717) is 0 Å². The topological polar surface area (TPSA) is 101 Å². The molecule has 0 aromatic heterocycles. The Bertz CT molecular complexity index is 517. The maximum Gasteiger partial charge on any atom is 0.340 e. The summed E-state index contributed by atoms with van der Waals surface area (Å²) in [6.07, 6.45) is 0. The maximum absolute atomic E-state index is 11.7. The molecule has 0 aliphatic carbocycles. The first-order chi connectivity index (χ1) is 7.26. The summed E-state index contributed by atoms with van der Waals surface area (Å²) in [5.41, 5.74) is -1.22. The van der Waals surface area contributed by atoms with Crippen molar-refractivity contribution in [1.82, 2.24) is 0 Å². The fourth-order valence-corrected chi connectivity index (χ4v) is 4.24. The minimum absolute atomic E-state index is 0.0657. The molecule has 0 bridgehead atoms. The van der Waals surface area contributed by atoms with E-state index in [2.05, 4.69) is 0 Å². The predicted octanol–water partition coefficient (Wildman–Crippen LogP) is 0.604. The summed E-state index contributed by atoms with van der Waals surface area (Å²) in [4.78, 5) is 17.1. The predicted molar refractivity (Wildman–Crippen MR) is 57.1 cm³/mol. The molecule has 0 heterocycles. The molecule has 0 unspecified atom stereocenters. The lowest BCUT2D eigenvalue weighted by atomic mass is 10.3. The van der Waals surface area contributed by atoms with Gasteiger partial charge in [0.15, 0.2) is 15.3 Å². The Kier molecular flexibility index (Phi) is 3.75.